The van der Waals surface area contributed by atoms with E-state index in [1.54, 1.807) is 12.1 Å². The minimum Gasteiger partial charge on any atom is -0.494 e. The van der Waals surface area contributed by atoms with E-state index in [4.69, 9.17) is 27.2 Å². The number of carbonyl (C=O) groups is 2. The second-order valence-electron chi connectivity index (χ2n) is 15.1. The van der Waals surface area contributed by atoms with Crippen LogP contribution in [0.5, 0.6) is 17.2 Å². The first-order valence-corrected chi connectivity index (χ1v) is 27.8. The Morgan fingerprint density at radius 2 is 1.36 bits per heavy atom. The molecular formula is C39H57NO10Si3. The zero-order valence-electron chi connectivity index (χ0n) is 32.8. The van der Waals surface area contributed by atoms with E-state index < -0.39 is 53.8 Å². The smallest absolute Gasteiger partial charge is 0.347 e. The molecule has 1 atom stereocenters. The van der Waals surface area contributed by atoms with E-state index in [0.717, 1.165) is 61.1 Å². The van der Waals surface area contributed by atoms with Crippen molar-refractivity contribution in [1.29, 1.82) is 0 Å². The van der Waals surface area contributed by atoms with Crippen molar-refractivity contribution in [3.8, 4) is 28.4 Å². The third kappa shape index (κ3) is 15.6. The minimum atomic E-state index is -2.10. The Balaban J connectivity index is 1.44. The first-order chi connectivity index (χ1) is 24.9. The van der Waals surface area contributed by atoms with Crippen LogP contribution in [0.25, 0.3) is 11.1 Å². The Kier molecular flexibility index (Phi) is 16.5. The SMILES string of the molecule is CCCCOC(=O)C(C)Oc1ccc(OC(=O)c2ccc(-c3ccc(OCCCCCC[Si](C)(C)O[Si](C)(C)O[Si](C)(C)C)cc3)cc2)cc1[N+](=O)[O-]. The Morgan fingerprint density at radius 3 is 1.96 bits per heavy atom. The summed E-state index contributed by atoms with van der Waals surface area (Å²) >= 11 is 0. The molecule has 0 heterocycles. The molecule has 0 radical (unpaired) electrons. The van der Waals surface area contributed by atoms with Crippen molar-refractivity contribution in [2.75, 3.05) is 13.2 Å². The van der Waals surface area contributed by atoms with Crippen LogP contribution < -0.4 is 14.2 Å². The van der Waals surface area contributed by atoms with Crippen LogP contribution in [0.15, 0.2) is 66.7 Å². The van der Waals surface area contributed by atoms with Gasteiger partial charge in [0.25, 0.3) is 0 Å². The predicted octanol–water partition coefficient (Wildman–Crippen LogP) is 10.3. The summed E-state index contributed by atoms with van der Waals surface area (Å²) in [4.78, 5) is 36.1. The lowest BCUT2D eigenvalue weighted by Crippen LogP contribution is -2.51. The zero-order chi connectivity index (χ0) is 39.2. The lowest BCUT2D eigenvalue weighted by Gasteiger charge is -2.37. The van der Waals surface area contributed by atoms with Crippen molar-refractivity contribution in [3.05, 3.63) is 82.4 Å². The van der Waals surface area contributed by atoms with E-state index in [1.807, 2.05) is 43.3 Å². The van der Waals surface area contributed by atoms with Crippen LogP contribution in [0.1, 0.15) is 62.7 Å². The van der Waals surface area contributed by atoms with Crippen LogP contribution >= 0.6 is 0 Å². The fourth-order valence-electron chi connectivity index (χ4n) is 5.86. The van der Waals surface area contributed by atoms with Gasteiger partial charge in [-0.15, -0.1) is 0 Å². The van der Waals surface area contributed by atoms with Gasteiger partial charge in [-0.1, -0.05) is 56.9 Å². The van der Waals surface area contributed by atoms with Gasteiger partial charge in [0.15, 0.2) is 28.5 Å². The molecule has 0 fully saturated rings. The lowest BCUT2D eigenvalue weighted by atomic mass is 10.0. The number of benzene rings is 3. The number of carbonyl (C=O) groups excluding carboxylic acids is 2. The predicted molar refractivity (Wildman–Crippen MR) is 215 cm³/mol. The number of nitrogens with zero attached hydrogens (tertiary/aromatic N) is 1. The summed E-state index contributed by atoms with van der Waals surface area (Å²) in [6.07, 6.45) is 4.92. The summed E-state index contributed by atoms with van der Waals surface area (Å²) < 4.78 is 35.0. The summed E-state index contributed by atoms with van der Waals surface area (Å²) in [6, 6.07) is 19.6. The van der Waals surface area contributed by atoms with Gasteiger partial charge < -0.3 is 27.2 Å². The lowest BCUT2D eigenvalue weighted by molar-refractivity contribution is -0.386. The van der Waals surface area contributed by atoms with E-state index in [0.29, 0.717) is 13.0 Å². The number of esters is 2. The fraction of sp³-hybridized carbons (Fsp3) is 0.487. The highest BCUT2D eigenvalue weighted by atomic mass is 28.5. The summed E-state index contributed by atoms with van der Waals surface area (Å²) in [5.41, 5.74) is 1.70. The summed E-state index contributed by atoms with van der Waals surface area (Å²) in [6.45, 7) is 20.0. The summed E-state index contributed by atoms with van der Waals surface area (Å²) in [5.74, 6) is -0.657. The first kappa shape index (κ1) is 43.6. The molecule has 0 aliphatic heterocycles. The van der Waals surface area contributed by atoms with E-state index in [9.17, 15) is 19.7 Å². The molecule has 0 N–H and O–H groups in total. The molecule has 0 bridgehead atoms. The maximum absolute atomic E-state index is 12.9. The van der Waals surface area contributed by atoms with Crippen molar-refractivity contribution < 1.29 is 41.7 Å². The highest BCUT2D eigenvalue weighted by Gasteiger charge is 2.37. The number of nitro groups is 1. The average molecular weight is 784 g/mol. The normalized spacial score (nSPS) is 12.5. The molecule has 3 aromatic carbocycles. The third-order valence-electron chi connectivity index (χ3n) is 8.04. The zero-order valence-corrected chi connectivity index (χ0v) is 35.8. The third-order valence-corrected chi connectivity index (χ3v) is 18.2. The van der Waals surface area contributed by atoms with Crippen molar-refractivity contribution in [3.63, 3.8) is 0 Å². The molecule has 290 valence electrons. The molecule has 0 aromatic heterocycles. The second-order valence-corrected chi connectivity index (χ2v) is 27.8. The van der Waals surface area contributed by atoms with Crippen molar-refractivity contribution in [1.82, 2.24) is 0 Å². The van der Waals surface area contributed by atoms with Crippen molar-refractivity contribution in [2.24, 2.45) is 0 Å². The van der Waals surface area contributed by atoms with E-state index in [-0.39, 0.29) is 23.7 Å². The van der Waals surface area contributed by atoms with Gasteiger partial charge in [-0.2, -0.15) is 0 Å². The molecule has 0 aliphatic rings. The maximum Gasteiger partial charge on any atom is 0.347 e. The fourth-order valence-corrected chi connectivity index (χ4v) is 19.1. The second kappa shape index (κ2) is 20.0. The minimum absolute atomic E-state index is 0.0312. The van der Waals surface area contributed by atoms with Gasteiger partial charge in [0.1, 0.15) is 11.5 Å². The molecule has 0 saturated heterocycles. The number of hydrogen-bond acceptors (Lipinski definition) is 10. The Labute approximate surface area is 318 Å². The van der Waals surface area contributed by atoms with Crippen molar-refractivity contribution >= 4 is 42.8 Å². The van der Waals surface area contributed by atoms with Gasteiger partial charge in [0, 0.05) is 0 Å². The van der Waals surface area contributed by atoms with E-state index in [1.165, 1.54) is 19.1 Å². The van der Waals surface area contributed by atoms with Crippen LogP contribution in [0.4, 0.5) is 5.69 Å². The Morgan fingerprint density at radius 1 is 0.755 bits per heavy atom. The molecular weight excluding hydrogens is 727 g/mol. The van der Waals surface area contributed by atoms with Crippen LogP contribution in [0.3, 0.4) is 0 Å². The number of ether oxygens (including phenoxy) is 4. The van der Waals surface area contributed by atoms with Gasteiger partial charge in [-0.25, -0.2) is 9.59 Å². The Hall–Kier alpha value is -3.83. The topological polar surface area (TPSA) is 133 Å². The molecule has 1 unspecified atom stereocenters. The van der Waals surface area contributed by atoms with Crippen LogP contribution in [-0.4, -0.2) is 61.4 Å². The number of hydrogen-bond donors (Lipinski definition) is 0. The van der Waals surface area contributed by atoms with Gasteiger partial charge in [-0.05, 0) is 119 Å². The van der Waals surface area contributed by atoms with Gasteiger partial charge in [0.05, 0.1) is 29.8 Å². The molecule has 0 aliphatic carbocycles. The first-order valence-electron chi connectivity index (χ1n) is 18.5. The van der Waals surface area contributed by atoms with Crippen LogP contribution in [0, 0.1) is 10.1 Å². The standard InChI is InChI=1S/C39H57NO10Si3/c1-10-11-26-46-38(41)30(2)47-37-25-24-35(29-36(37)40(43)44)48-39(42)33-18-16-31(17-19-33)32-20-22-34(23-21-32)45-27-14-12-13-15-28-52(6,7)50-53(8,9)49-51(3,4)5/h16-25,29-30H,10-15,26-28H2,1-9H3. The number of unbranched alkanes of at least 4 members (excludes halogenated alkanes) is 4. The molecule has 0 saturated carbocycles. The van der Waals surface area contributed by atoms with Crippen LogP contribution in [-0.2, 0) is 17.8 Å². The average Bonchev–Trinajstić information content (AvgIpc) is 3.07. The molecule has 0 amide bonds. The number of rotatable bonds is 22. The molecule has 11 nitrogen and oxygen atoms in total. The van der Waals surface area contributed by atoms with Gasteiger partial charge in [0.2, 0.25) is 0 Å². The van der Waals surface area contributed by atoms with Gasteiger partial charge >= 0.3 is 26.2 Å². The largest absolute Gasteiger partial charge is 0.494 e. The summed E-state index contributed by atoms with van der Waals surface area (Å²) in [7, 11) is -5.49. The molecule has 0 spiro atoms. The number of nitro benzene ring substituents is 1. The van der Waals surface area contributed by atoms with E-state index >= 15 is 0 Å². The van der Waals surface area contributed by atoms with Gasteiger partial charge in [-0.3, -0.25) is 10.1 Å². The Bertz CT molecular complexity index is 1640. The van der Waals surface area contributed by atoms with E-state index in [2.05, 4.69) is 45.8 Å². The molecule has 3 aromatic rings. The highest BCUT2D eigenvalue weighted by molar-refractivity contribution is 6.87. The molecule has 3 rings (SSSR count). The van der Waals surface area contributed by atoms with Crippen LogP contribution in [0.2, 0.25) is 51.9 Å². The summed E-state index contributed by atoms with van der Waals surface area (Å²) in [5, 5.41) is 11.7. The van der Waals surface area contributed by atoms with Crippen molar-refractivity contribution in [2.45, 2.75) is 110 Å². The monoisotopic (exact) mass is 783 g/mol. The highest BCUT2D eigenvalue weighted by Crippen LogP contribution is 2.33. The molecule has 14 heteroatoms. The quantitative estimate of drug-likeness (QED) is 0.0242. The molecule has 53 heavy (non-hydrogen) atoms. The maximum atomic E-state index is 12.9.